The summed E-state index contributed by atoms with van der Waals surface area (Å²) < 4.78 is 27.5. The van der Waals surface area contributed by atoms with Gasteiger partial charge in [-0.3, -0.25) is 9.59 Å². The molecule has 3 rings (SSSR count). The van der Waals surface area contributed by atoms with Crippen LogP contribution < -0.4 is 15.5 Å². The second-order valence-corrected chi connectivity index (χ2v) is 6.94. The molecule has 0 aliphatic carbocycles. The SMILES string of the molecule is CN(C)c1ccc(/C=C(\NC(=O)c2ccccc2F)C(=O)Nc2cccc(F)c2)cc1. The van der Waals surface area contributed by atoms with Crippen molar-refractivity contribution < 1.29 is 18.4 Å². The number of halogens is 2. The Kier molecular flexibility index (Phi) is 6.77. The van der Waals surface area contributed by atoms with Crippen molar-refractivity contribution in [3.05, 3.63) is 101 Å². The zero-order valence-corrected chi connectivity index (χ0v) is 17.0. The van der Waals surface area contributed by atoms with Crippen molar-refractivity contribution in [2.45, 2.75) is 0 Å². The van der Waals surface area contributed by atoms with E-state index in [0.717, 1.165) is 17.8 Å². The fraction of sp³-hybridized carbons (Fsp3) is 0.0833. The second kappa shape index (κ2) is 9.67. The lowest BCUT2D eigenvalue weighted by Crippen LogP contribution is -2.31. The molecule has 0 aromatic heterocycles. The number of nitrogens with one attached hydrogen (secondary N) is 2. The van der Waals surface area contributed by atoms with Crippen LogP contribution in [0.15, 0.2) is 78.5 Å². The molecule has 158 valence electrons. The van der Waals surface area contributed by atoms with Gasteiger partial charge in [-0.15, -0.1) is 0 Å². The quantitative estimate of drug-likeness (QED) is 0.579. The van der Waals surface area contributed by atoms with Crippen LogP contribution in [-0.2, 0) is 4.79 Å². The Morgan fingerprint density at radius 3 is 2.26 bits per heavy atom. The predicted octanol–water partition coefficient (Wildman–Crippen LogP) is 4.44. The zero-order valence-electron chi connectivity index (χ0n) is 17.0. The highest BCUT2D eigenvalue weighted by atomic mass is 19.1. The molecule has 5 nitrogen and oxygen atoms in total. The van der Waals surface area contributed by atoms with Gasteiger partial charge in [0, 0.05) is 25.5 Å². The Morgan fingerprint density at radius 2 is 1.61 bits per heavy atom. The van der Waals surface area contributed by atoms with Gasteiger partial charge in [-0.2, -0.15) is 0 Å². The van der Waals surface area contributed by atoms with Crippen LogP contribution in [0.1, 0.15) is 15.9 Å². The fourth-order valence-electron chi connectivity index (χ4n) is 2.79. The van der Waals surface area contributed by atoms with E-state index in [1.807, 2.05) is 31.1 Å². The molecule has 0 aliphatic rings. The van der Waals surface area contributed by atoms with Crippen molar-refractivity contribution in [3.63, 3.8) is 0 Å². The molecule has 0 aliphatic heterocycles. The van der Waals surface area contributed by atoms with Crippen LogP contribution in [0.4, 0.5) is 20.2 Å². The lowest BCUT2D eigenvalue weighted by atomic mass is 10.1. The number of anilines is 2. The van der Waals surface area contributed by atoms with E-state index in [0.29, 0.717) is 5.56 Å². The first-order valence-corrected chi connectivity index (χ1v) is 9.45. The number of hydrogen-bond acceptors (Lipinski definition) is 3. The van der Waals surface area contributed by atoms with Crippen LogP contribution in [0, 0.1) is 11.6 Å². The number of nitrogens with zero attached hydrogens (tertiary/aromatic N) is 1. The van der Waals surface area contributed by atoms with E-state index in [4.69, 9.17) is 0 Å². The molecule has 7 heteroatoms. The number of amides is 2. The molecular weight excluding hydrogens is 400 g/mol. The van der Waals surface area contributed by atoms with E-state index < -0.39 is 23.4 Å². The van der Waals surface area contributed by atoms with Crippen LogP contribution in [0.5, 0.6) is 0 Å². The lowest BCUT2D eigenvalue weighted by molar-refractivity contribution is -0.113. The number of carbonyl (C=O) groups excluding carboxylic acids is 2. The third kappa shape index (κ3) is 5.76. The predicted molar refractivity (Wildman–Crippen MR) is 118 cm³/mol. The summed E-state index contributed by atoms with van der Waals surface area (Å²) in [6.07, 6.45) is 1.47. The summed E-state index contributed by atoms with van der Waals surface area (Å²) in [5.74, 6) is -2.67. The molecule has 0 radical (unpaired) electrons. The van der Waals surface area contributed by atoms with Crippen LogP contribution in [-0.4, -0.2) is 25.9 Å². The van der Waals surface area contributed by atoms with E-state index in [2.05, 4.69) is 10.6 Å². The van der Waals surface area contributed by atoms with Gasteiger partial charge in [0.2, 0.25) is 0 Å². The molecule has 2 N–H and O–H groups in total. The Hall–Kier alpha value is -4.00. The van der Waals surface area contributed by atoms with Crippen molar-refractivity contribution in [2.24, 2.45) is 0 Å². The van der Waals surface area contributed by atoms with Gasteiger partial charge in [-0.25, -0.2) is 8.78 Å². The van der Waals surface area contributed by atoms with Gasteiger partial charge in [0.1, 0.15) is 17.3 Å². The maximum atomic E-state index is 14.0. The topological polar surface area (TPSA) is 61.4 Å². The molecule has 0 heterocycles. The number of hydrogen-bond donors (Lipinski definition) is 2. The number of carbonyl (C=O) groups is 2. The third-order valence-electron chi connectivity index (χ3n) is 4.41. The first-order valence-electron chi connectivity index (χ1n) is 9.45. The van der Waals surface area contributed by atoms with E-state index in [1.54, 1.807) is 12.1 Å². The molecule has 0 atom stereocenters. The van der Waals surface area contributed by atoms with Crippen molar-refractivity contribution in [1.82, 2.24) is 5.32 Å². The van der Waals surface area contributed by atoms with Crippen LogP contribution in [0.3, 0.4) is 0 Å². The molecule has 0 saturated heterocycles. The van der Waals surface area contributed by atoms with Gasteiger partial charge < -0.3 is 15.5 Å². The smallest absolute Gasteiger partial charge is 0.272 e. The highest BCUT2D eigenvalue weighted by Crippen LogP contribution is 2.16. The van der Waals surface area contributed by atoms with Gasteiger partial charge in [0.25, 0.3) is 11.8 Å². The number of rotatable bonds is 6. The van der Waals surface area contributed by atoms with Crippen molar-refractivity contribution in [3.8, 4) is 0 Å². The summed E-state index contributed by atoms with van der Waals surface area (Å²) in [4.78, 5) is 27.3. The molecule has 0 fully saturated rings. The average molecular weight is 421 g/mol. The molecule has 31 heavy (non-hydrogen) atoms. The molecule has 0 unspecified atom stereocenters. The standard InChI is InChI=1S/C24H21F2N3O2/c1-29(2)19-12-10-16(11-13-19)14-22(24(31)27-18-7-5-6-17(25)15-18)28-23(30)20-8-3-4-9-21(20)26/h3-15H,1-2H3,(H,27,31)(H,28,30)/b22-14-. The fourth-order valence-corrected chi connectivity index (χ4v) is 2.79. The monoisotopic (exact) mass is 421 g/mol. The van der Waals surface area contributed by atoms with Crippen LogP contribution in [0.2, 0.25) is 0 Å². The summed E-state index contributed by atoms with van der Waals surface area (Å²) in [7, 11) is 3.80. The molecular formula is C24H21F2N3O2. The third-order valence-corrected chi connectivity index (χ3v) is 4.41. The van der Waals surface area contributed by atoms with Crippen LogP contribution >= 0.6 is 0 Å². The van der Waals surface area contributed by atoms with E-state index in [1.165, 1.54) is 42.5 Å². The van der Waals surface area contributed by atoms with Crippen molar-refractivity contribution in [2.75, 3.05) is 24.3 Å². The Balaban J connectivity index is 1.91. The minimum absolute atomic E-state index is 0.116. The molecule has 0 spiro atoms. The van der Waals surface area contributed by atoms with Gasteiger partial charge in [0.05, 0.1) is 5.56 Å². The van der Waals surface area contributed by atoms with E-state index in [-0.39, 0.29) is 16.9 Å². The molecule has 2 amide bonds. The van der Waals surface area contributed by atoms with E-state index >= 15 is 0 Å². The Labute approximate surface area is 179 Å². The Morgan fingerprint density at radius 1 is 0.903 bits per heavy atom. The highest BCUT2D eigenvalue weighted by Gasteiger charge is 2.17. The summed E-state index contributed by atoms with van der Waals surface area (Å²) in [6.45, 7) is 0. The maximum Gasteiger partial charge on any atom is 0.272 e. The zero-order chi connectivity index (χ0) is 22.4. The van der Waals surface area contributed by atoms with Gasteiger partial charge in [0.15, 0.2) is 0 Å². The average Bonchev–Trinajstić information content (AvgIpc) is 2.74. The maximum absolute atomic E-state index is 14.0. The minimum Gasteiger partial charge on any atom is -0.378 e. The summed E-state index contributed by atoms with van der Waals surface area (Å²) in [5.41, 5.74) is 1.51. The largest absolute Gasteiger partial charge is 0.378 e. The second-order valence-electron chi connectivity index (χ2n) is 6.94. The van der Waals surface area contributed by atoms with Gasteiger partial charge in [-0.05, 0) is 54.1 Å². The minimum atomic E-state index is -0.774. The first kappa shape index (κ1) is 21.7. The van der Waals surface area contributed by atoms with Gasteiger partial charge in [-0.1, -0.05) is 30.3 Å². The molecule has 3 aromatic rings. The summed E-state index contributed by atoms with van der Waals surface area (Å²) >= 11 is 0. The van der Waals surface area contributed by atoms with E-state index in [9.17, 15) is 18.4 Å². The number of benzene rings is 3. The molecule has 0 bridgehead atoms. The van der Waals surface area contributed by atoms with Crippen molar-refractivity contribution >= 4 is 29.3 Å². The highest BCUT2D eigenvalue weighted by molar-refractivity contribution is 6.10. The Bertz CT molecular complexity index is 1130. The summed E-state index contributed by atoms with van der Waals surface area (Å²) in [6, 6.07) is 18.1. The normalized spacial score (nSPS) is 11.0. The van der Waals surface area contributed by atoms with Crippen molar-refractivity contribution in [1.29, 1.82) is 0 Å². The first-order chi connectivity index (χ1) is 14.8. The molecule has 3 aromatic carbocycles. The summed E-state index contributed by atoms with van der Waals surface area (Å²) in [5, 5.41) is 5.00. The lowest BCUT2D eigenvalue weighted by Gasteiger charge is -2.13. The van der Waals surface area contributed by atoms with Gasteiger partial charge >= 0.3 is 0 Å². The molecule has 0 saturated carbocycles. The van der Waals surface area contributed by atoms with Crippen LogP contribution in [0.25, 0.3) is 6.08 Å².